The third-order valence-corrected chi connectivity index (χ3v) is 4.23. The first-order valence-electron chi connectivity index (χ1n) is 7.59. The Bertz CT molecular complexity index is 710. The van der Waals surface area contributed by atoms with Gasteiger partial charge in [-0.3, -0.25) is 4.79 Å². The highest BCUT2D eigenvalue weighted by Gasteiger charge is 2.28. The molecule has 0 unspecified atom stereocenters. The number of carbonyl (C=O) groups is 1. The second-order valence-corrected chi connectivity index (χ2v) is 5.66. The lowest BCUT2D eigenvalue weighted by Gasteiger charge is -2.22. The molecule has 0 saturated heterocycles. The highest BCUT2D eigenvalue weighted by Crippen LogP contribution is 2.26. The zero-order valence-corrected chi connectivity index (χ0v) is 12.2. The topological polar surface area (TPSA) is 79.0 Å². The summed E-state index contributed by atoms with van der Waals surface area (Å²) in [5, 5.41) is 6.22. The predicted molar refractivity (Wildman–Crippen MR) is 80.5 cm³/mol. The van der Waals surface area contributed by atoms with Crippen molar-refractivity contribution in [2.75, 3.05) is 13.2 Å². The summed E-state index contributed by atoms with van der Waals surface area (Å²) in [7, 11) is 0. The molecule has 3 N–H and O–H groups in total. The van der Waals surface area contributed by atoms with E-state index in [1.54, 1.807) is 6.33 Å². The maximum absolute atomic E-state index is 12.4. The van der Waals surface area contributed by atoms with Crippen molar-refractivity contribution in [2.45, 2.75) is 25.4 Å². The fourth-order valence-electron chi connectivity index (χ4n) is 3.08. The van der Waals surface area contributed by atoms with Gasteiger partial charge in [0.25, 0.3) is 0 Å². The van der Waals surface area contributed by atoms with Gasteiger partial charge in [0.1, 0.15) is 11.8 Å². The lowest BCUT2D eigenvalue weighted by molar-refractivity contribution is -0.123. The van der Waals surface area contributed by atoms with Crippen LogP contribution >= 0.6 is 0 Å². The molecule has 1 aromatic heterocycles. The number of aromatic amines is 1. The Kier molecular flexibility index (Phi) is 3.31. The summed E-state index contributed by atoms with van der Waals surface area (Å²) >= 11 is 0. The number of ether oxygens (including phenoxy) is 1. The van der Waals surface area contributed by atoms with Gasteiger partial charge in [-0.25, -0.2) is 4.98 Å². The molecule has 2 aliphatic rings. The second kappa shape index (κ2) is 5.46. The van der Waals surface area contributed by atoms with E-state index in [1.807, 2.05) is 12.1 Å². The number of hydrogen-bond donors (Lipinski definition) is 3. The average Bonchev–Trinajstić information content (AvgIpc) is 3.20. The molecule has 0 saturated carbocycles. The van der Waals surface area contributed by atoms with E-state index in [9.17, 15) is 4.79 Å². The summed E-state index contributed by atoms with van der Waals surface area (Å²) < 4.78 is 5.50. The minimum Gasteiger partial charge on any atom is -0.493 e. The van der Waals surface area contributed by atoms with E-state index in [1.165, 1.54) is 5.56 Å². The number of nitrogens with zero attached hydrogens (tertiary/aromatic N) is 1. The number of H-pyrrole nitrogens is 1. The molecule has 6 nitrogen and oxygen atoms in total. The lowest BCUT2D eigenvalue weighted by atomic mass is 10.0. The fraction of sp³-hybridized carbons (Fsp3) is 0.375. The molecule has 1 atom stereocenters. The Morgan fingerprint density at radius 1 is 1.41 bits per heavy atom. The number of nitrogens with one attached hydrogen (secondary N) is 3. The van der Waals surface area contributed by atoms with Crippen LogP contribution in [0, 0.1) is 0 Å². The third-order valence-electron chi connectivity index (χ3n) is 4.23. The Labute approximate surface area is 128 Å². The summed E-state index contributed by atoms with van der Waals surface area (Å²) in [6, 6.07) is 5.72. The lowest BCUT2D eigenvalue weighted by Crippen LogP contribution is -2.41. The fourth-order valence-corrected chi connectivity index (χ4v) is 3.08. The van der Waals surface area contributed by atoms with Gasteiger partial charge in [0.15, 0.2) is 0 Å². The molecule has 0 fully saturated rings. The summed E-state index contributed by atoms with van der Waals surface area (Å²) in [6.07, 6.45) is 3.47. The van der Waals surface area contributed by atoms with Crippen molar-refractivity contribution in [3.63, 3.8) is 0 Å². The van der Waals surface area contributed by atoms with E-state index >= 15 is 0 Å². The molecule has 6 heteroatoms. The van der Waals surface area contributed by atoms with E-state index in [-0.39, 0.29) is 11.9 Å². The number of hydrogen-bond acceptors (Lipinski definition) is 4. The van der Waals surface area contributed by atoms with E-state index in [4.69, 9.17) is 4.74 Å². The summed E-state index contributed by atoms with van der Waals surface area (Å²) in [5.74, 6) is 0.926. The molecular weight excluding hydrogens is 280 g/mol. The molecule has 2 aromatic rings. The Morgan fingerprint density at radius 2 is 2.36 bits per heavy atom. The highest BCUT2D eigenvalue weighted by atomic mass is 16.5. The zero-order chi connectivity index (χ0) is 14.9. The first-order valence-corrected chi connectivity index (χ1v) is 7.59. The molecule has 2 aliphatic heterocycles. The van der Waals surface area contributed by atoms with Crippen LogP contribution in [0.4, 0.5) is 0 Å². The maximum Gasteiger partial charge on any atom is 0.243 e. The van der Waals surface area contributed by atoms with Gasteiger partial charge in [-0.2, -0.15) is 0 Å². The molecule has 22 heavy (non-hydrogen) atoms. The van der Waals surface area contributed by atoms with Crippen molar-refractivity contribution >= 4 is 5.91 Å². The number of carbonyl (C=O) groups excluding carboxylic acids is 1. The number of benzene rings is 1. The van der Waals surface area contributed by atoms with Crippen LogP contribution in [0.2, 0.25) is 0 Å². The van der Waals surface area contributed by atoms with Crippen LogP contribution in [-0.4, -0.2) is 29.0 Å². The molecule has 0 spiro atoms. The normalized spacial score (nSPS) is 19.2. The van der Waals surface area contributed by atoms with E-state index in [0.717, 1.165) is 48.7 Å². The van der Waals surface area contributed by atoms with Crippen molar-refractivity contribution in [3.05, 3.63) is 47.0 Å². The summed E-state index contributed by atoms with van der Waals surface area (Å²) in [5.41, 5.74) is 4.17. The van der Waals surface area contributed by atoms with Gasteiger partial charge in [-0.1, -0.05) is 12.1 Å². The molecule has 114 valence electrons. The second-order valence-electron chi connectivity index (χ2n) is 5.66. The predicted octanol–water partition coefficient (Wildman–Crippen LogP) is 0.848. The largest absolute Gasteiger partial charge is 0.493 e. The first-order chi connectivity index (χ1) is 10.8. The van der Waals surface area contributed by atoms with Crippen LogP contribution in [0.25, 0.3) is 0 Å². The van der Waals surface area contributed by atoms with Crippen LogP contribution in [0.3, 0.4) is 0 Å². The molecule has 3 heterocycles. The third kappa shape index (κ3) is 2.35. The number of aromatic nitrogens is 2. The van der Waals surface area contributed by atoms with Crippen molar-refractivity contribution in [3.8, 4) is 5.75 Å². The summed E-state index contributed by atoms with van der Waals surface area (Å²) in [4.78, 5) is 19.8. The minimum atomic E-state index is -0.368. The molecule has 4 rings (SSSR count). The van der Waals surface area contributed by atoms with Crippen LogP contribution in [0.15, 0.2) is 24.5 Å². The van der Waals surface area contributed by atoms with Crippen molar-refractivity contribution in [1.29, 1.82) is 0 Å². The summed E-state index contributed by atoms with van der Waals surface area (Å²) in [6.45, 7) is 2.05. The average molecular weight is 298 g/mol. The Morgan fingerprint density at radius 3 is 3.32 bits per heavy atom. The van der Waals surface area contributed by atoms with Crippen LogP contribution in [0.5, 0.6) is 5.75 Å². The van der Waals surface area contributed by atoms with Crippen molar-refractivity contribution in [1.82, 2.24) is 20.6 Å². The van der Waals surface area contributed by atoms with Gasteiger partial charge in [0, 0.05) is 31.6 Å². The number of imidazole rings is 1. The van der Waals surface area contributed by atoms with Crippen LogP contribution in [0.1, 0.15) is 28.6 Å². The first kappa shape index (κ1) is 13.3. The smallest absolute Gasteiger partial charge is 0.243 e. The van der Waals surface area contributed by atoms with Gasteiger partial charge < -0.3 is 20.4 Å². The van der Waals surface area contributed by atoms with Crippen molar-refractivity contribution in [2.24, 2.45) is 0 Å². The van der Waals surface area contributed by atoms with E-state index < -0.39 is 0 Å². The molecular formula is C16H18N4O2. The molecule has 0 bridgehead atoms. The van der Waals surface area contributed by atoms with Crippen LogP contribution < -0.4 is 15.4 Å². The van der Waals surface area contributed by atoms with Crippen molar-refractivity contribution < 1.29 is 9.53 Å². The SMILES string of the molecule is O=C(NCc1ccc2c(c1)CCO2)[C@@H]1NCCc2[nH]cnc21. The number of rotatable bonds is 3. The molecule has 0 radical (unpaired) electrons. The van der Waals surface area contributed by atoms with Gasteiger partial charge in [-0.15, -0.1) is 0 Å². The molecule has 0 aliphatic carbocycles. The van der Waals surface area contributed by atoms with Gasteiger partial charge in [0.05, 0.1) is 18.6 Å². The van der Waals surface area contributed by atoms with Gasteiger partial charge in [0.2, 0.25) is 5.91 Å². The molecule has 1 aromatic carbocycles. The van der Waals surface area contributed by atoms with Gasteiger partial charge in [-0.05, 0) is 17.2 Å². The number of amides is 1. The Hall–Kier alpha value is -2.34. The maximum atomic E-state index is 12.4. The number of fused-ring (bicyclic) bond motifs is 2. The van der Waals surface area contributed by atoms with E-state index in [0.29, 0.717) is 6.54 Å². The monoisotopic (exact) mass is 298 g/mol. The zero-order valence-electron chi connectivity index (χ0n) is 12.2. The quantitative estimate of drug-likeness (QED) is 0.785. The highest BCUT2D eigenvalue weighted by molar-refractivity contribution is 5.83. The molecule has 1 amide bonds. The van der Waals surface area contributed by atoms with Gasteiger partial charge >= 0.3 is 0 Å². The van der Waals surface area contributed by atoms with Crippen LogP contribution in [-0.2, 0) is 24.2 Å². The van der Waals surface area contributed by atoms with E-state index in [2.05, 4.69) is 26.7 Å². The standard InChI is InChI=1S/C16H18N4O2/c21-16(15-14-12(3-5-17-15)19-9-20-14)18-8-10-1-2-13-11(7-10)4-6-22-13/h1-2,7,9,15,17H,3-6,8H2,(H,18,21)(H,19,20)/t15-/m1/s1. The minimum absolute atomic E-state index is 0.0372. The Balaban J connectivity index is 1.43.